The van der Waals surface area contributed by atoms with Gasteiger partial charge in [-0.15, -0.1) is 11.8 Å². The van der Waals surface area contributed by atoms with Gasteiger partial charge in [0.2, 0.25) is 0 Å². The number of hydrogen-bond donors (Lipinski definition) is 1. The maximum Gasteiger partial charge on any atom is 0.0603 e. The predicted molar refractivity (Wildman–Crippen MR) is 70.0 cm³/mol. The van der Waals surface area contributed by atoms with Crippen LogP contribution in [0.4, 0.5) is 0 Å². The molecule has 0 aromatic heterocycles. The Labute approximate surface area is 105 Å². The molecule has 84 valence electrons. The molecule has 0 bridgehead atoms. The van der Waals surface area contributed by atoms with Crippen molar-refractivity contribution in [3.8, 4) is 0 Å². The Morgan fingerprint density at radius 1 is 1.27 bits per heavy atom. The smallest absolute Gasteiger partial charge is 0.0603 e. The third-order valence-corrected chi connectivity index (χ3v) is 3.79. The van der Waals surface area contributed by atoms with Crippen molar-refractivity contribution < 1.29 is 0 Å². The van der Waals surface area contributed by atoms with Gasteiger partial charge in [-0.1, -0.05) is 30.1 Å². The number of thioether (sulfide) groups is 1. The fourth-order valence-electron chi connectivity index (χ4n) is 1.35. The largest absolute Gasteiger partial charge is 0.328 e. The molecule has 0 radical (unpaired) electrons. The molecule has 1 rings (SSSR count). The molecule has 0 fully saturated rings. The van der Waals surface area contributed by atoms with Crippen LogP contribution in [0.2, 0.25) is 10.0 Å². The minimum Gasteiger partial charge on any atom is -0.328 e. The van der Waals surface area contributed by atoms with Crippen LogP contribution in [0.15, 0.2) is 23.1 Å². The van der Waals surface area contributed by atoms with E-state index in [1.165, 1.54) is 0 Å². The molecule has 1 nitrogen and oxygen atoms in total. The van der Waals surface area contributed by atoms with E-state index in [4.69, 9.17) is 28.9 Å². The van der Waals surface area contributed by atoms with E-state index in [0.29, 0.717) is 15.3 Å². The molecular formula is C11H15Cl2NS. The molecule has 0 amide bonds. The van der Waals surface area contributed by atoms with Gasteiger partial charge < -0.3 is 5.73 Å². The first kappa shape index (κ1) is 13.2. The number of hydrogen-bond acceptors (Lipinski definition) is 2. The van der Waals surface area contributed by atoms with E-state index in [0.717, 1.165) is 11.3 Å². The SMILES string of the molecule is CC(N)CC(C)Sc1ccc(Cl)c(Cl)c1. The molecule has 0 spiro atoms. The number of benzene rings is 1. The van der Waals surface area contributed by atoms with Gasteiger partial charge in [0, 0.05) is 16.2 Å². The lowest BCUT2D eigenvalue weighted by atomic mass is 10.2. The molecule has 0 saturated heterocycles. The summed E-state index contributed by atoms with van der Waals surface area (Å²) in [5, 5.41) is 1.69. The third-order valence-electron chi connectivity index (χ3n) is 1.93. The lowest BCUT2D eigenvalue weighted by Gasteiger charge is -2.13. The van der Waals surface area contributed by atoms with Crippen LogP contribution in [0.5, 0.6) is 0 Å². The Morgan fingerprint density at radius 2 is 1.93 bits per heavy atom. The fourth-order valence-corrected chi connectivity index (χ4v) is 2.91. The second kappa shape index (κ2) is 6.00. The second-order valence-corrected chi connectivity index (χ2v) is 6.04. The van der Waals surface area contributed by atoms with Crippen molar-refractivity contribution >= 4 is 35.0 Å². The molecule has 0 aliphatic rings. The van der Waals surface area contributed by atoms with Crippen LogP contribution >= 0.6 is 35.0 Å². The van der Waals surface area contributed by atoms with Crippen LogP contribution in [0.3, 0.4) is 0 Å². The van der Waals surface area contributed by atoms with E-state index in [1.54, 1.807) is 11.8 Å². The zero-order valence-corrected chi connectivity index (χ0v) is 11.2. The number of halogens is 2. The van der Waals surface area contributed by atoms with Crippen molar-refractivity contribution in [3.05, 3.63) is 28.2 Å². The molecule has 1 aromatic carbocycles. The minimum absolute atomic E-state index is 0.232. The standard InChI is InChI=1S/C11H15Cl2NS/c1-7(14)5-8(2)15-9-3-4-10(12)11(13)6-9/h3-4,6-8H,5,14H2,1-2H3. The van der Waals surface area contributed by atoms with Gasteiger partial charge in [0.05, 0.1) is 10.0 Å². The van der Waals surface area contributed by atoms with Gasteiger partial charge in [-0.05, 0) is 31.5 Å². The van der Waals surface area contributed by atoms with Crippen molar-refractivity contribution in [3.63, 3.8) is 0 Å². The summed E-state index contributed by atoms with van der Waals surface area (Å²) in [7, 11) is 0. The van der Waals surface area contributed by atoms with Crippen molar-refractivity contribution in [1.29, 1.82) is 0 Å². The van der Waals surface area contributed by atoms with Gasteiger partial charge in [-0.2, -0.15) is 0 Å². The van der Waals surface area contributed by atoms with Gasteiger partial charge in [-0.25, -0.2) is 0 Å². The average molecular weight is 264 g/mol. The summed E-state index contributed by atoms with van der Waals surface area (Å²) in [5.74, 6) is 0. The Hall–Kier alpha value is 0.110. The van der Waals surface area contributed by atoms with Crippen LogP contribution < -0.4 is 5.73 Å². The Kier molecular flexibility index (Phi) is 5.27. The van der Waals surface area contributed by atoms with Gasteiger partial charge >= 0.3 is 0 Å². The van der Waals surface area contributed by atoms with Gasteiger partial charge in [0.15, 0.2) is 0 Å². The Morgan fingerprint density at radius 3 is 2.47 bits per heavy atom. The maximum absolute atomic E-state index is 5.93. The van der Waals surface area contributed by atoms with Gasteiger partial charge in [0.1, 0.15) is 0 Å². The Balaban J connectivity index is 2.60. The van der Waals surface area contributed by atoms with Crippen molar-refractivity contribution in [2.75, 3.05) is 0 Å². The van der Waals surface area contributed by atoms with E-state index in [1.807, 2.05) is 25.1 Å². The highest BCUT2D eigenvalue weighted by molar-refractivity contribution is 7.99. The molecule has 1 aromatic rings. The summed E-state index contributed by atoms with van der Waals surface area (Å²) in [6, 6.07) is 5.93. The van der Waals surface area contributed by atoms with Crippen LogP contribution in [-0.4, -0.2) is 11.3 Å². The summed E-state index contributed by atoms with van der Waals surface area (Å²) in [4.78, 5) is 1.14. The summed E-state index contributed by atoms with van der Waals surface area (Å²) in [6.07, 6.45) is 0.991. The predicted octanol–water partition coefficient (Wildman–Crippen LogP) is 4.21. The summed E-state index contributed by atoms with van der Waals surface area (Å²) >= 11 is 13.5. The van der Waals surface area contributed by atoms with Crippen LogP contribution in [-0.2, 0) is 0 Å². The second-order valence-electron chi connectivity index (χ2n) is 3.72. The minimum atomic E-state index is 0.232. The lowest BCUT2D eigenvalue weighted by Crippen LogP contribution is -2.19. The molecule has 0 saturated carbocycles. The van der Waals surface area contributed by atoms with Crippen LogP contribution in [0, 0.1) is 0 Å². The van der Waals surface area contributed by atoms with Crippen LogP contribution in [0.1, 0.15) is 20.3 Å². The highest BCUT2D eigenvalue weighted by Gasteiger charge is 2.08. The number of rotatable bonds is 4. The maximum atomic E-state index is 5.93. The monoisotopic (exact) mass is 263 g/mol. The summed E-state index contributed by atoms with van der Waals surface area (Å²) < 4.78 is 0. The first-order valence-electron chi connectivity index (χ1n) is 4.86. The third kappa shape index (κ3) is 4.64. The molecule has 0 aliphatic carbocycles. The zero-order chi connectivity index (χ0) is 11.4. The topological polar surface area (TPSA) is 26.0 Å². The van der Waals surface area contributed by atoms with E-state index < -0.39 is 0 Å². The molecule has 2 N–H and O–H groups in total. The van der Waals surface area contributed by atoms with E-state index in [9.17, 15) is 0 Å². The van der Waals surface area contributed by atoms with E-state index in [-0.39, 0.29) is 6.04 Å². The number of nitrogens with two attached hydrogens (primary N) is 1. The average Bonchev–Trinajstić information content (AvgIpc) is 2.10. The van der Waals surface area contributed by atoms with Crippen molar-refractivity contribution in [2.24, 2.45) is 5.73 Å². The first-order chi connectivity index (χ1) is 6.99. The highest BCUT2D eigenvalue weighted by Crippen LogP contribution is 2.31. The van der Waals surface area contributed by atoms with Gasteiger partial charge in [-0.3, -0.25) is 0 Å². The summed E-state index contributed by atoms with van der Waals surface area (Å²) in [5.41, 5.74) is 5.74. The molecule has 15 heavy (non-hydrogen) atoms. The normalized spacial score (nSPS) is 15.0. The lowest BCUT2D eigenvalue weighted by molar-refractivity contribution is 0.663. The van der Waals surface area contributed by atoms with Crippen molar-refractivity contribution in [1.82, 2.24) is 0 Å². The quantitative estimate of drug-likeness (QED) is 0.824. The molecular weight excluding hydrogens is 249 g/mol. The molecule has 2 unspecified atom stereocenters. The van der Waals surface area contributed by atoms with Gasteiger partial charge in [0.25, 0.3) is 0 Å². The van der Waals surface area contributed by atoms with Crippen LogP contribution in [0.25, 0.3) is 0 Å². The van der Waals surface area contributed by atoms with E-state index in [2.05, 4.69) is 6.92 Å². The first-order valence-corrected chi connectivity index (χ1v) is 6.50. The Bertz CT molecular complexity index is 328. The molecule has 4 heteroatoms. The fraction of sp³-hybridized carbons (Fsp3) is 0.455. The molecule has 0 heterocycles. The molecule has 2 atom stereocenters. The highest BCUT2D eigenvalue weighted by atomic mass is 35.5. The van der Waals surface area contributed by atoms with E-state index >= 15 is 0 Å². The summed E-state index contributed by atoms with van der Waals surface area (Å²) in [6.45, 7) is 4.18. The molecule has 0 aliphatic heterocycles. The van der Waals surface area contributed by atoms with Crippen molar-refractivity contribution in [2.45, 2.75) is 36.5 Å². The zero-order valence-electron chi connectivity index (χ0n) is 8.84.